The van der Waals surface area contributed by atoms with Gasteiger partial charge in [0.15, 0.2) is 5.65 Å². The van der Waals surface area contributed by atoms with Crippen LogP contribution in [0.25, 0.3) is 22.1 Å². The zero-order valence-electron chi connectivity index (χ0n) is 19.3. The summed E-state index contributed by atoms with van der Waals surface area (Å²) in [5.74, 6) is -0.917. The third kappa shape index (κ3) is 3.61. The molecule has 1 aromatic carbocycles. The fourth-order valence-corrected chi connectivity index (χ4v) is 4.93. The van der Waals surface area contributed by atoms with Gasteiger partial charge >= 0.3 is 11.7 Å². The van der Waals surface area contributed by atoms with Crippen molar-refractivity contribution < 1.29 is 9.90 Å². The largest absolute Gasteiger partial charge is 0.481 e. The molecule has 7 nitrogen and oxygen atoms in total. The number of aromatic nitrogens is 4. The predicted octanol–water partition coefficient (Wildman–Crippen LogP) is 5.03. The number of benzene rings is 1. The summed E-state index contributed by atoms with van der Waals surface area (Å²) < 4.78 is 3.36. The third-order valence-electron chi connectivity index (χ3n) is 6.28. The van der Waals surface area contributed by atoms with E-state index in [0.717, 1.165) is 39.7 Å². The van der Waals surface area contributed by atoms with Gasteiger partial charge in [0.1, 0.15) is 0 Å². The van der Waals surface area contributed by atoms with Crippen LogP contribution in [0.15, 0.2) is 35.3 Å². The second-order valence-corrected chi connectivity index (χ2v) is 8.78. The molecule has 168 valence electrons. The van der Waals surface area contributed by atoms with Gasteiger partial charge in [-0.15, -0.1) is 0 Å². The van der Waals surface area contributed by atoms with E-state index in [2.05, 4.69) is 35.9 Å². The van der Waals surface area contributed by atoms with Gasteiger partial charge in [-0.3, -0.25) is 13.9 Å². The normalized spacial score (nSPS) is 13.7. The summed E-state index contributed by atoms with van der Waals surface area (Å²) in [6.45, 7) is 10.0. The number of hydrogen-bond acceptors (Lipinski definition) is 3. The number of fused-ring (bicyclic) bond motifs is 2. The number of H-pyrrole nitrogens is 1. The van der Waals surface area contributed by atoms with Crippen LogP contribution in [0.3, 0.4) is 0 Å². The van der Waals surface area contributed by atoms with Crippen molar-refractivity contribution in [3.05, 3.63) is 63.3 Å². The lowest BCUT2D eigenvalue weighted by molar-refractivity contribution is -0.137. The van der Waals surface area contributed by atoms with Crippen LogP contribution in [0.1, 0.15) is 67.6 Å². The van der Waals surface area contributed by atoms with Crippen LogP contribution < -0.4 is 5.69 Å². The fourth-order valence-electron chi connectivity index (χ4n) is 4.93. The zero-order chi connectivity index (χ0) is 23.2. The number of hydrogen-bond donors (Lipinski definition) is 2. The van der Waals surface area contributed by atoms with Gasteiger partial charge in [0.05, 0.1) is 24.0 Å². The molecule has 2 N–H and O–H groups in total. The van der Waals surface area contributed by atoms with Crippen LogP contribution in [0.5, 0.6) is 0 Å². The van der Waals surface area contributed by atoms with Crippen molar-refractivity contribution in [2.45, 2.75) is 66.0 Å². The Kier molecular flexibility index (Phi) is 5.67. The molecule has 4 aromatic rings. The number of nitrogens with zero attached hydrogens (tertiary/aromatic N) is 3. The summed E-state index contributed by atoms with van der Waals surface area (Å²) in [5.41, 5.74) is 6.26. The SMILES string of the molecule is CCCC(CC(=O)O)n1c(=O)n([C@@H](C)c2c[nH]c3cc(C)cc(C)c23)c2ccc(C)nc21. The van der Waals surface area contributed by atoms with E-state index in [1.165, 1.54) is 5.56 Å². The number of rotatable bonds is 7. The summed E-state index contributed by atoms with van der Waals surface area (Å²) in [7, 11) is 0. The standard InChI is InChI=1S/C25H30N4O3/c1-6-7-18(12-22(30)31)29-24-21(9-8-16(4)27-24)28(25(29)32)17(5)19-13-26-20-11-14(2)10-15(3)23(19)20/h8-11,13,17-18,26H,6-7,12H2,1-5H3,(H,30,31)/t17-,18?/m0/s1. The Bertz CT molecular complexity index is 1380. The van der Waals surface area contributed by atoms with Gasteiger partial charge < -0.3 is 10.1 Å². The minimum absolute atomic E-state index is 0.109. The smallest absolute Gasteiger partial charge is 0.331 e. The van der Waals surface area contributed by atoms with Gasteiger partial charge in [0, 0.05) is 28.4 Å². The molecule has 2 atom stereocenters. The van der Waals surface area contributed by atoms with Crippen LogP contribution in [0, 0.1) is 20.8 Å². The van der Waals surface area contributed by atoms with Crippen molar-refractivity contribution in [2.24, 2.45) is 0 Å². The van der Waals surface area contributed by atoms with E-state index in [1.54, 1.807) is 9.13 Å². The molecule has 0 aliphatic rings. The monoisotopic (exact) mass is 434 g/mol. The Hall–Kier alpha value is -3.35. The Labute approximate surface area is 186 Å². The van der Waals surface area contributed by atoms with Crippen molar-refractivity contribution >= 4 is 28.0 Å². The number of aromatic amines is 1. The summed E-state index contributed by atoms with van der Waals surface area (Å²) in [6.07, 6.45) is 3.24. The minimum Gasteiger partial charge on any atom is -0.481 e. The topological polar surface area (TPSA) is 92.9 Å². The summed E-state index contributed by atoms with van der Waals surface area (Å²) >= 11 is 0. The first-order chi connectivity index (χ1) is 15.2. The Morgan fingerprint density at radius 3 is 2.62 bits per heavy atom. The summed E-state index contributed by atoms with van der Waals surface area (Å²) in [6, 6.07) is 7.38. The lowest BCUT2D eigenvalue weighted by Gasteiger charge is -2.16. The van der Waals surface area contributed by atoms with Gasteiger partial charge in [-0.05, 0) is 63.4 Å². The second-order valence-electron chi connectivity index (χ2n) is 8.78. The number of aliphatic carboxylic acids is 1. The Morgan fingerprint density at radius 2 is 1.94 bits per heavy atom. The van der Waals surface area contributed by atoms with Crippen molar-refractivity contribution in [3.8, 4) is 0 Å². The van der Waals surface area contributed by atoms with Gasteiger partial charge in [-0.1, -0.05) is 19.4 Å². The Balaban J connectivity index is 1.97. The first-order valence-electron chi connectivity index (χ1n) is 11.1. The fraction of sp³-hybridized carbons (Fsp3) is 0.400. The highest BCUT2D eigenvalue weighted by Crippen LogP contribution is 2.32. The molecule has 0 saturated heterocycles. The van der Waals surface area contributed by atoms with Crippen molar-refractivity contribution in [3.63, 3.8) is 0 Å². The van der Waals surface area contributed by atoms with Crippen LogP contribution >= 0.6 is 0 Å². The van der Waals surface area contributed by atoms with Crippen LogP contribution in [-0.2, 0) is 4.79 Å². The lowest BCUT2D eigenvalue weighted by Crippen LogP contribution is -2.30. The van der Waals surface area contributed by atoms with Gasteiger partial charge in [0.2, 0.25) is 0 Å². The number of carboxylic acids is 1. The molecule has 0 fully saturated rings. The van der Waals surface area contributed by atoms with E-state index < -0.39 is 12.0 Å². The van der Waals surface area contributed by atoms with Gasteiger partial charge in [-0.2, -0.15) is 0 Å². The maximum Gasteiger partial charge on any atom is 0.331 e. The first-order valence-corrected chi connectivity index (χ1v) is 11.1. The third-order valence-corrected chi connectivity index (χ3v) is 6.28. The quantitative estimate of drug-likeness (QED) is 0.427. The Morgan fingerprint density at radius 1 is 1.19 bits per heavy atom. The average molecular weight is 435 g/mol. The molecule has 32 heavy (non-hydrogen) atoms. The molecule has 7 heteroatoms. The van der Waals surface area contributed by atoms with E-state index >= 15 is 0 Å². The van der Waals surface area contributed by atoms with Crippen molar-refractivity contribution in [1.82, 2.24) is 19.1 Å². The van der Waals surface area contributed by atoms with Gasteiger partial charge in [0.25, 0.3) is 0 Å². The maximum absolute atomic E-state index is 13.8. The number of nitrogens with one attached hydrogen (secondary N) is 1. The first kappa shape index (κ1) is 21.9. The average Bonchev–Trinajstić information content (AvgIpc) is 3.25. The molecule has 0 aliphatic carbocycles. The summed E-state index contributed by atoms with van der Waals surface area (Å²) in [5, 5.41) is 10.6. The molecule has 0 amide bonds. The molecule has 0 saturated carbocycles. The zero-order valence-corrected chi connectivity index (χ0v) is 19.3. The molecule has 0 spiro atoms. The summed E-state index contributed by atoms with van der Waals surface area (Å²) in [4.78, 5) is 33.4. The lowest BCUT2D eigenvalue weighted by atomic mass is 10.0. The highest BCUT2D eigenvalue weighted by molar-refractivity contribution is 5.88. The molecule has 0 radical (unpaired) electrons. The molecule has 0 bridgehead atoms. The second kappa shape index (κ2) is 8.30. The highest BCUT2D eigenvalue weighted by atomic mass is 16.4. The predicted molar refractivity (Wildman–Crippen MR) is 127 cm³/mol. The number of imidazole rings is 1. The van der Waals surface area contributed by atoms with E-state index in [1.807, 2.05) is 39.1 Å². The molecule has 3 aromatic heterocycles. The molecule has 1 unspecified atom stereocenters. The molecular weight excluding hydrogens is 404 g/mol. The molecule has 4 rings (SSSR count). The number of carbonyl (C=O) groups is 1. The molecule has 3 heterocycles. The van der Waals surface area contributed by atoms with Crippen LogP contribution in [0.2, 0.25) is 0 Å². The van der Waals surface area contributed by atoms with E-state index in [4.69, 9.17) is 0 Å². The van der Waals surface area contributed by atoms with Gasteiger partial charge in [-0.25, -0.2) is 9.78 Å². The number of pyridine rings is 1. The highest BCUT2D eigenvalue weighted by Gasteiger charge is 2.27. The van der Waals surface area contributed by atoms with E-state index in [9.17, 15) is 14.7 Å². The molecular formula is C25H30N4O3. The maximum atomic E-state index is 13.8. The van der Waals surface area contributed by atoms with Crippen molar-refractivity contribution in [2.75, 3.05) is 0 Å². The van der Waals surface area contributed by atoms with Crippen LogP contribution in [0.4, 0.5) is 0 Å². The van der Waals surface area contributed by atoms with Crippen molar-refractivity contribution in [1.29, 1.82) is 0 Å². The van der Waals surface area contributed by atoms with E-state index in [-0.39, 0.29) is 18.2 Å². The minimum atomic E-state index is -0.917. The van der Waals surface area contributed by atoms with Crippen LogP contribution in [-0.4, -0.2) is 30.2 Å². The van der Waals surface area contributed by atoms with E-state index in [0.29, 0.717) is 12.1 Å². The molecule has 0 aliphatic heterocycles. The number of aryl methyl sites for hydroxylation is 3. The number of carboxylic acid groups (broad SMARTS) is 1.